The van der Waals surface area contributed by atoms with E-state index in [2.05, 4.69) is 4.98 Å². The van der Waals surface area contributed by atoms with E-state index in [4.69, 9.17) is 24.2 Å². The fraction of sp³-hybridized carbons (Fsp3) is 0.250. The lowest BCUT2D eigenvalue weighted by molar-refractivity contribution is 0.0526. The van der Waals surface area contributed by atoms with E-state index < -0.39 is 5.97 Å². The van der Waals surface area contributed by atoms with Crippen LogP contribution in [0.2, 0.25) is 5.15 Å². The summed E-state index contributed by atoms with van der Waals surface area (Å²) < 4.78 is 4.74. The Kier molecular flexibility index (Phi) is 3.31. The zero-order valence-electron chi connectivity index (χ0n) is 7.08. The maximum atomic E-state index is 11.2. The highest BCUT2D eigenvalue weighted by Gasteiger charge is 2.11. The van der Waals surface area contributed by atoms with Gasteiger partial charge in [-0.2, -0.15) is 0 Å². The van der Waals surface area contributed by atoms with Crippen LogP contribution in [0.25, 0.3) is 0 Å². The van der Waals surface area contributed by atoms with Crippen LogP contribution in [-0.2, 0) is 4.74 Å². The van der Waals surface area contributed by atoms with Gasteiger partial charge in [-0.05, 0) is 18.6 Å². The van der Waals surface area contributed by atoms with Crippen molar-refractivity contribution in [2.24, 2.45) is 0 Å². The molecule has 0 aromatic carbocycles. The molecule has 13 heavy (non-hydrogen) atoms. The zero-order chi connectivity index (χ0) is 9.84. The number of ether oxygens (including phenoxy) is 1. The Labute approximate surface area is 82.5 Å². The molecule has 0 fully saturated rings. The molecule has 0 bridgehead atoms. The molecule has 0 saturated heterocycles. The lowest BCUT2D eigenvalue weighted by atomic mass is 10.0. The average Bonchev–Trinajstić information content (AvgIpc) is 2.04. The molecular weight excluding hydrogens is 188 g/mol. The second kappa shape index (κ2) is 4.28. The number of pyridine rings is 1. The molecule has 1 aromatic rings. The van der Waals surface area contributed by atoms with E-state index in [1.165, 1.54) is 12.1 Å². The summed E-state index contributed by atoms with van der Waals surface area (Å²) in [5.74, 6) is -0.486. The van der Waals surface area contributed by atoms with Crippen molar-refractivity contribution >= 4 is 31.0 Å². The number of esters is 1. The standard InChI is InChI=1S/C8H7BClNO2/c1-2-13-8(12)5-3-4-6(9)11-7(5)10/h3-4H,2H2,1H3. The summed E-state index contributed by atoms with van der Waals surface area (Å²) in [7, 11) is 5.35. The molecular formula is C8H7BClNO2. The number of carbonyl (C=O) groups excluding carboxylic acids is 1. The molecule has 0 saturated carbocycles. The SMILES string of the molecule is [B]c1ccc(C(=O)OCC)c(Cl)n1. The van der Waals surface area contributed by atoms with Gasteiger partial charge in [0.2, 0.25) is 0 Å². The van der Waals surface area contributed by atoms with Crippen molar-refractivity contribution in [2.45, 2.75) is 6.92 Å². The van der Waals surface area contributed by atoms with Gasteiger partial charge in [-0.3, -0.25) is 4.98 Å². The molecule has 1 aromatic heterocycles. The van der Waals surface area contributed by atoms with E-state index in [1.807, 2.05) is 0 Å². The van der Waals surface area contributed by atoms with Gasteiger partial charge >= 0.3 is 5.97 Å². The number of halogens is 1. The molecule has 0 aliphatic heterocycles. The van der Waals surface area contributed by atoms with Crippen LogP contribution >= 0.6 is 11.6 Å². The topological polar surface area (TPSA) is 39.2 Å². The summed E-state index contributed by atoms with van der Waals surface area (Å²) in [6, 6.07) is 2.99. The van der Waals surface area contributed by atoms with Crippen molar-refractivity contribution in [3.8, 4) is 0 Å². The van der Waals surface area contributed by atoms with Crippen molar-refractivity contribution in [3.63, 3.8) is 0 Å². The fourth-order valence-electron chi connectivity index (χ4n) is 0.809. The van der Waals surface area contributed by atoms with Crippen LogP contribution in [0.15, 0.2) is 12.1 Å². The highest BCUT2D eigenvalue weighted by molar-refractivity contribution is 6.35. The van der Waals surface area contributed by atoms with Gasteiger partial charge in [0.1, 0.15) is 13.0 Å². The molecule has 1 rings (SSSR count). The van der Waals surface area contributed by atoms with E-state index >= 15 is 0 Å². The van der Waals surface area contributed by atoms with Crippen molar-refractivity contribution in [2.75, 3.05) is 6.61 Å². The van der Waals surface area contributed by atoms with Crippen molar-refractivity contribution < 1.29 is 9.53 Å². The summed E-state index contributed by atoms with van der Waals surface area (Å²) >= 11 is 5.67. The number of rotatable bonds is 2. The third-order valence-electron chi connectivity index (χ3n) is 1.37. The first kappa shape index (κ1) is 10.1. The van der Waals surface area contributed by atoms with Crippen molar-refractivity contribution in [3.05, 3.63) is 22.8 Å². The molecule has 5 heteroatoms. The minimum absolute atomic E-state index is 0.0680. The first-order valence-electron chi connectivity index (χ1n) is 3.74. The molecule has 66 valence electrons. The molecule has 0 aliphatic rings. The lowest BCUT2D eigenvalue weighted by Crippen LogP contribution is -2.13. The highest BCUT2D eigenvalue weighted by Crippen LogP contribution is 2.11. The Hall–Kier alpha value is -1.03. The Bertz CT molecular complexity index is 330. The maximum absolute atomic E-state index is 11.2. The van der Waals surface area contributed by atoms with Crippen LogP contribution in [-0.4, -0.2) is 25.4 Å². The molecule has 0 unspecified atom stereocenters. The number of nitrogens with zero attached hydrogens (tertiary/aromatic N) is 1. The number of aromatic nitrogens is 1. The summed E-state index contributed by atoms with van der Waals surface area (Å²) in [6.45, 7) is 2.02. The van der Waals surface area contributed by atoms with Crippen LogP contribution < -0.4 is 5.59 Å². The first-order chi connectivity index (χ1) is 6.15. The maximum Gasteiger partial charge on any atom is 0.341 e. The second-order valence-electron chi connectivity index (χ2n) is 2.29. The van der Waals surface area contributed by atoms with Crippen LogP contribution in [0.4, 0.5) is 0 Å². The number of hydrogen-bond acceptors (Lipinski definition) is 3. The summed E-state index contributed by atoms with van der Waals surface area (Å²) in [6.07, 6.45) is 0. The molecule has 0 aliphatic carbocycles. The van der Waals surface area contributed by atoms with Crippen LogP contribution in [0, 0.1) is 0 Å². The Balaban J connectivity index is 2.95. The van der Waals surface area contributed by atoms with Crippen LogP contribution in [0.1, 0.15) is 17.3 Å². The van der Waals surface area contributed by atoms with Crippen LogP contribution in [0.3, 0.4) is 0 Å². The summed E-state index contributed by atoms with van der Waals surface area (Å²) in [5.41, 5.74) is 0.510. The van der Waals surface area contributed by atoms with Gasteiger partial charge in [-0.15, -0.1) is 0 Å². The predicted octanol–water partition coefficient (Wildman–Crippen LogP) is 0.706. The monoisotopic (exact) mass is 195 g/mol. The molecule has 0 amide bonds. The smallest absolute Gasteiger partial charge is 0.341 e. The van der Waals surface area contributed by atoms with Gasteiger partial charge in [0.05, 0.1) is 12.2 Å². The normalized spacial score (nSPS) is 9.69. The van der Waals surface area contributed by atoms with E-state index in [0.29, 0.717) is 6.61 Å². The predicted molar refractivity (Wildman–Crippen MR) is 50.6 cm³/mol. The molecule has 2 radical (unpaired) electrons. The summed E-state index contributed by atoms with van der Waals surface area (Å²) in [5, 5.41) is 0.0680. The van der Waals surface area contributed by atoms with Gasteiger partial charge in [-0.1, -0.05) is 17.7 Å². The van der Waals surface area contributed by atoms with E-state index in [9.17, 15) is 4.79 Å². The van der Waals surface area contributed by atoms with Gasteiger partial charge in [0.25, 0.3) is 0 Å². The van der Waals surface area contributed by atoms with Crippen molar-refractivity contribution in [1.29, 1.82) is 0 Å². The second-order valence-corrected chi connectivity index (χ2v) is 2.65. The van der Waals surface area contributed by atoms with Gasteiger partial charge in [-0.25, -0.2) is 4.79 Å². The third-order valence-corrected chi connectivity index (χ3v) is 1.65. The Morgan fingerprint density at radius 3 is 2.92 bits per heavy atom. The third kappa shape index (κ3) is 2.46. The van der Waals surface area contributed by atoms with Gasteiger partial charge in [0, 0.05) is 0 Å². The minimum atomic E-state index is -0.486. The number of hydrogen-bond donors (Lipinski definition) is 0. The first-order valence-corrected chi connectivity index (χ1v) is 4.12. The zero-order valence-corrected chi connectivity index (χ0v) is 7.84. The summed E-state index contributed by atoms with van der Waals surface area (Å²) in [4.78, 5) is 14.9. The van der Waals surface area contributed by atoms with Gasteiger partial charge < -0.3 is 4.74 Å². The highest BCUT2D eigenvalue weighted by atomic mass is 35.5. The Morgan fingerprint density at radius 2 is 2.38 bits per heavy atom. The molecule has 0 atom stereocenters. The lowest BCUT2D eigenvalue weighted by Gasteiger charge is -2.03. The van der Waals surface area contributed by atoms with Crippen LogP contribution in [0.5, 0.6) is 0 Å². The minimum Gasteiger partial charge on any atom is -0.462 e. The fourth-order valence-corrected chi connectivity index (χ4v) is 1.05. The van der Waals surface area contributed by atoms with E-state index in [0.717, 1.165) is 0 Å². The number of carbonyl (C=O) groups is 1. The molecule has 3 nitrogen and oxygen atoms in total. The Morgan fingerprint density at radius 1 is 1.69 bits per heavy atom. The quantitative estimate of drug-likeness (QED) is 0.396. The average molecular weight is 195 g/mol. The van der Waals surface area contributed by atoms with E-state index in [1.54, 1.807) is 6.92 Å². The largest absolute Gasteiger partial charge is 0.462 e. The van der Waals surface area contributed by atoms with Gasteiger partial charge in [0.15, 0.2) is 0 Å². The van der Waals surface area contributed by atoms with Crippen molar-refractivity contribution in [1.82, 2.24) is 4.98 Å². The van der Waals surface area contributed by atoms with E-state index in [-0.39, 0.29) is 16.3 Å². The molecule has 0 spiro atoms. The molecule has 0 N–H and O–H groups in total. The molecule has 1 heterocycles.